The van der Waals surface area contributed by atoms with E-state index >= 15 is 0 Å². The second-order valence-corrected chi connectivity index (χ2v) is 6.93. The lowest BCUT2D eigenvalue weighted by Crippen LogP contribution is -2.26. The number of unbranched alkanes of at least 4 members (excludes halogenated alkanes) is 2. The van der Waals surface area contributed by atoms with Gasteiger partial charge in [-0.15, -0.1) is 0 Å². The number of fused-ring (bicyclic) bond motifs is 2. The summed E-state index contributed by atoms with van der Waals surface area (Å²) in [5.41, 5.74) is 5.55. The van der Waals surface area contributed by atoms with Crippen LogP contribution in [0.3, 0.4) is 0 Å². The molecule has 0 aromatic heterocycles. The minimum Gasteiger partial charge on any atom is -0.342 e. The van der Waals surface area contributed by atoms with Gasteiger partial charge in [-0.25, -0.2) is 0 Å². The van der Waals surface area contributed by atoms with Crippen LogP contribution in [0.5, 0.6) is 0 Å². The molecule has 0 atom stereocenters. The van der Waals surface area contributed by atoms with E-state index in [0.717, 1.165) is 45.2 Å². The third kappa shape index (κ3) is 4.16. The first-order valence-electron chi connectivity index (χ1n) is 9.51. The Kier molecular flexibility index (Phi) is 6.11. The van der Waals surface area contributed by atoms with Crippen molar-refractivity contribution in [3.05, 3.63) is 72.3 Å². The van der Waals surface area contributed by atoms with Crippen LogP contribution in [0.15, 0.2) is 61.2 Å². The van der Waals surface area contributed by atoms with Crippen LogP contribution in [0.2, 0.25) is 0 Å². The van der Waals surface area contributed by atoms with Gasteiger partial charge in [-0.1, -0.05) is 43.0 Å². The van der Waals surface area contributed by atoms with Crippen LogP contribution >= 0.6 is 0 Å². The van der Waals surface area contributed by atoms with Crippen molar-refractivity contribution in [2.75, 3.05) is 25.0 Å². The van der Waals surface area contributed by atoms with Crippen LogP contribution in [0, 0.1) is 0 Å². The van der Waals surface area contributed by atoms with Gasteiger partial charge in [0.2, 0.25) is 5.91 Å². The van der Waals surface area contributed by atoms with Crippen molar-refractivity contribution in [1.82, 2.24) is 4.90 Å². The topological polar surface area (TPSA) is 23.6 Å². The van der Waals surface area contributed by atoms with Gasteiger partial charge in [0, 0.05) is 31.5 Å². The van der Waals surface area contributed by atoms with Gasteiger partial charge in [-0.2, -0.15) is 0 Å². The van der Waals surface area contributed by atoms with Gasteiger partial charge in [-0.05, 0) is 61.4 Å². The smallest absolute Gasteiger partial charge is 0.245 e. The molecule has 0 unspecified atom stereocenters. The first-order valence-corrected chi connectivity index (χ1v) is 9.51. The van der Waals surface area contributed by atoms with Gasteiger partial charge < -0.3 is 9.80 Å². The highest BCUT2D eigenvalue weighted by molar-refractivity contribution is 5.86. The van der Waals surface area contributed by atoms with E-state index in [-0.39, 0.29) is 5.91 Å². The van der Waals surface area contributed by atoms with Crippen LogP contribution in [0.1, 0.15) is 30.4 Å². The minimum absolute atomic E-state index is 0.000345. The molecule has 1 aliphatic rings. The van der Waals surface area contributed by atoms with Crippen molar-refractivity contribution in [1.29, 1.82) is 0 Å². The third-order valence-electron chi connectivity index (χ3n) is 5.15. The molecule has 2 aromatic carbocycles. The Morgan fingerprint density at radius 1 is 1.00 bits per heavy atom. The number of likely N-dealkylation sites (N-methyl/N-ethyl adjacent to an activating group) is 1. The number of aryl methyl sites for hydroxylation is 2. The largest absolute Gasteiger partial charge is 0.342 e. The Morgan fingerprint density at radius 2 is 1.58 bits per heavy atom. The van der Waals surface area contributed by atoms with Crippen LogP contribution in [0.25, 0.3) is 0 Å². The lowest BCUT2D eigenvalue weighted by Gasteiger charge is -2.27. The second-order valence-electron chi connectivity index (χ2n) is 6.93. The quantitative estimate of drug-likeness (QED) is 0.533. The molecule has 0 radical (unpaired) electrons. The molecule has 0 saturated carbocycles. The fourth-order valence-corrected chi connectivity index (χ4v) is 3.67. The van der Waals surface area contributed by atoms with Crippen molar-refractivity contribution < 1.29 is 4.79 Å². The van der Waals surface area contributed by atoms with E-state index < -0.39 is 0 Å². The molecule has 0 saturated heterocycles. The average molecular weight is 348 g/mol. The third-order valence-corrected chi connectivity index (χ3v) is 5.15. The number of carbonyl (C=O) groups is 1. The van der Waals surface area contributed by atoms with Gasteiger partial charge in [0.15, 0.2) is 0 Å². The molecule has 3 heteroatoms. The fraction of sp³-hybridized carbons (Fsp3) is 0.348. The molecule has 26 heavy (non-hydrogen) atoms. The monoisotopic (exact) mass is 348 g/mol. The highest BCUT2D eigenvalue weighted by Crippen LogP contribution is 2.35. The number of hydrogen-bond donors (Lipinski definition) is 0. The van der Waals surface area contributed by atoms with E-state index in [1.165, 1.54) is 28.6 Å². The highest BCUT2D eigenvalue weighted by atomic mass is 16.2. The summed E-state index contributed by atoms with van der Waals surface area (Å²) in [4.78, 5) is 15.8. The average Bonchev–Trinajstić information content (AvgIpc) is 2.84. The summed E-state index contributed by atoms with van der Waals surface area (Å²) in [7, 11) is 1.84. The van der Waals surface area contributed by atoms with Crippen molar-refractivity contribution in [2.24, 2.45) is 0 Å². The van der Waals surface area contributed by atoms with Crippen molar-refractivity contribution in [3.63, 3.8) is 0 Å². The maximum absolute atomic E-state index is 11.5. The maximum Gasteiger partial charge on any atom is 0.245 e. The summed E-state index contributed by atoms with van der Waals surface area (Å²) in [5, 5.41) is 0. The molecule has 0 spiro atoms. The normalized spacial score (nSPS) is 12.7. The Labute approximate surface area is 156 Å². The first kappa shape index (κ1) is 18.2. The van der Waals surface area contributed by atoms with Gasteiger partial charge in [0.05, 0.1) is 0 Å². The zero-order valence-electron chi connectivity index (χ0n) is 15.7. The van der Waals surface area contributed by atoms with E-state index in [1.54, 1.807) is 4.90 Å². The molecule has 1 heterocycles. The molecule has 1 aliphatic heterocycles. The molecule has 0 fully saturated rings. The molecule has 1 amide bonds. The molecule has 3 rings (SSSR count). The molecule has 0 N–H and O–H groups in total. The van der Waals surface area contributed by atoms with Crippen LogP contribution < -0.4 is 4.90 Å². The predicted octanol–water partition coefficient (Wildman–Crippen LogP) is 4.74. The SMILES string of the molecule is C=CC(=O)N(C)CCCCCN1c2ccccc2CCc2ccccc21. The molecular formula is C23H28N2O. The Hall–Kier alpha value is -2.55. The van der Waals surface area contributed by atoms with E-state index in [2.05, 4.69) is 60.0 Å². The zero-order valence-corrected chi connectivity index (χ0v) is 15.7. The number of benzene rings is 2. The number of amides is 1. The van der Waals surface area contributed by atoms with Crippen molar-refractivity contribution in [3.8, 4) is 0 Å². The Bertz CT molecular complexity index is 721. The Morgan fingerprint density at radius 3 is 2.15 bits per heavy atom. The summed E-state index contributed by atoms with van der Waals surface area (Å²) in [5.74, 6) is 0.000345. The molecule has 136 valence electrons. The Balaban J connectivity index is 1.65. The standard InChI is InChI=1S/C23H28N2O/c1-3-23(26)24(2)17-9-4-10-18-25-21-13-7-5-11-19(21)15-16-20-12-6-8-14-22(20)25/h3,5-8,11-14H,1,4,9-10,15-18H2,2H3. The van der Waals surface area contributed by atoms with Gasteiger partial charge in [0.25, 0.3) is 0 Å². The lowest BCUT2D eigenvalue weighted by atomic mass is 10.0. The summed E-state index contributed by atoms with van der Waals surface area (Å²) in [6, 6.07) is 17.5. The molecule has 2 aromatic rings. The predicted molar refractivity (Wildman–Crippen MR) is 109 cm³/mol. The van der Waals surface area contributed by atoms with E-state index in [4.69, 9.17) is 0 Å². The first-order chi connectivity index (χ1) is 12.7. The number of hydrogen-bond acceptors (Lipinski definition) is 2. The summed E-state index contributed by atoms with van der Waals surface area (Å²) < 4.78 is 0. The number of anilines is 2. The van der Waals surface area contributed by atoms with Crippen LogP contribution in [0.4, 0.5) is 11.4 Å². The lowest BCUT2D eigenvalue weighted by molar-refractivity contribution is -0.124. The van der Waals surface area contributed by atoms with E-state index in [1.807, 2.05) is 7.05 Å². The number of para-hydroxylation sites is 2. The van der Waals surface area contributed by atoms with E-state index in [9.17, 15) is 4.79 Å². The van der Waals surface area contributed by atoms with Crippen LogP contribution in [-0.2, 0) is 17.6 Å². The van der Waals surface area contributed by atoms with Gasteiger partial charge in [-0.3, -0.25) is 4.79 Å². The zero-order chi connectivity index (χ0) is 18.4. The minimum atomic E-state index is 0.000345. The molecular weight excluding hydrogens is 320 g/mol. The van der Waals surface area contributed by atoms with Crippen molar-refractivity contribution >= 4 is 17.3 Å². The molecule has 0 bridgehead atoms. The second kappa shape index (κ2) is 8.70. The number of rotatable bonds is 7. The maximum atomic E-state index is 11.5. The number of carbonyl (C=O) groups excluding carboxylic acids is 1. The van der Waals surface area contributed by atoms with Gasteiger partial charge >= 0.3 is 0 Å². The summed E-state index contributed by atoms with van der Waals surface area (Å²) in [6.45, 7) is 5.34. The summed E-state index contributed by atoms with van der Waals surface area (Å²) in [6.07, 6.45) is 6.81. The van der Waals surface area contributed by atoms with Crippen LogP contribution in [-0.4, -0.2) is 30.9 Å². The van der Waals surface area contributed by atoms with E-state index in [0.29, 0.717) is 0 Å². The highest BCUT2D eigenvalue weighted by Gasteiger charge is 2.19. The summed E-state index contributed by atoms with van der Waals surface area (Å²) >= 11 is 0. The van der Waals surface area contributed by atoms with Gasteiger partial charge in [0.1, 0.15) is 0 Å². The van der Waals surface area contributed by atoms with Crippen molar-refractivity contribution in [2.45, 2.75) is 32.1 Å². The molecule has 0 aliphatic carbocycles. The fourth-order valence-electron chi connectivity index (χ4n) is 3.67. The molecule has 3 nitrogen and oxygen atoms in total. The number of nitrogens with zero attached hydrogens (tertiary/aromatic N) is 2.